The van der Waals surface area contributed by atoms with Crippen molar-refractivity contribution in [3.63, 3.8) is 0 Å². The zero-order chi connectivity index (χ0) is 11.7. The van der Waals surface area contributed by atoms with E-state index in [1.165, 1.54) is 12.8 Å². The van der Waals surface area contributed by atoms with Crippen LogP contribution in [0.25, 0.3) is 0 Å². The Hall–Kier alpha value is -0.120. The zero-order valence-electron chi connectivity index (χ0n) is 10.9. The second kappa shape index (κ2) is 9.13. The highest BCUT2D eigenvalue weighted by Gasteiger charge is 2.15. The van der Waals surface area contributed by atoms with Crippen molar-refractivity contribution in [2.45, 2.75) is 53.0 Å². The predicted molar refractivity (Wildman–Crippen MR) is 67.6 cm³/mol. The summed E-state index contributed by atoms with van der Waals surface area (Å²) in [6, 6.07) is 0.463. The standard InChI is InChI=1S/C12H29N3/c1-5-8-11(4)12(14-13)9-10-15(6-2)7-3/h11-12,14H,5-10,13H2,1-4H3. The lowest BCUT2D eigenvalue weighted by atomic mass is 9.95. The molecule has 0 aromatic carbocycles. The highest BCUT2D eigenvalue weighted by Crippen LogP contribution is 2.13. The molecule has 2 atom stereocenters. The molecule has 3 N–H and O–H groups in total. The maximum atomic E-state index is 5.60. The Kier molecular flexibility index (Phi) is 9.06. The van der Waals surface area contributed by atoms with Crippen LogP contribution < -0.4 is 11.3 Å². The van der Waals surface area contributed by atoms with Gasteiger partial charge in [-0.1, -0.05) is 34.1 Å². The normalized spacial score (nSPS) is 15.6. The Morgan fingerprint density at radius 1 is 1.13 bits per heavy atom. The van der Waals surface area contributed by atoms with Crippen LogP contribution in [0.4, 0.5) is 0 Å². The van der Waals surface area contributed by atoms with E-state index in [1.807, 2.05) is 0 Å². The molecule has 15 heavy (non-hydrogen) atoms. The van der Waals surface area contributed by atoms with Crippen LogP contribution in [0.3, 0.4) is 0 Å². The minimum Gasteiger partial charge on any atom is -0.304 e. The van der Waals surface area contributed by atoms with E-state index < -0.39 is 0 Å². The molecule has 0 saturated heterocycles. The molecule has 0 fully saturated rings. The van der Waals surface area contributed by atoms with Crippen molar-refractivity contribution in [3.05, 3.63) is 0 Å². The molecule has 0 bridgehead atoms. The summed E-state index contributed by atoms with van der Waals surface area (Å²) in [5.41, 5.74) is 2.96. The number of hydrogen-bond acceptors (Lipinski definition) is 3. The van der Waals surface area contributed by atoms with E-state index in [0.717, 1.165) is 26.1 Å². The molecule has 0 aliphatic heterocycles. The number of hydrazine groups is 1. The molecular formula is C12H29N3. The Balaban J connectivity index is 3.87. The molecule has 0 amide bonds. The molecule has 0 aliphatic rings. The Bertz CT molecular complexity index is 135. The maximum Gasteiger partial charge on any atom is 0.0248 e. The van der Waals surface area contributed by atoms with Gasteiger partial charge in [0.1, 0.15) is 0 Å². The van der Waals surface area contributed by atoms with Crippen LogP contribution >= 0.6 is 0 Å². The number of rotatable bonds is 9. The third kappa shape index (κ3) is 6.13. The summed E-state index contributed by atoms with van der Waals surface area (Å²) in [6.07, 6.45) is 3.65. The van der Waals surface area contributed by atoms with Gasteiger partial charge in [-0.3, -0.25) is 11.3 Å². The minimum absolute atomic E-state index is 0.463. The van der Waals surface area contributed by atoms with Gasteiger partial charge in [-0.25, -0.2) is 0 Å². The van der Waals surface area contributed by atoms with Gasteiger partial charge in [0.2, 0.25) is 0 Å². The van der Waals surface area contributed by atoms with Gasteiger partial charge >= 0.3 is 0 Å². The van der Waals surface area contributed by atoms with Crippen LogP contribution in [-0.4, -0.2) is 30.6 Å². The second-order valence-corrected chi connectivity index (χ2v) is 4.35. The SMILES string of the molecule is CCCC(C)C(CCN(CC)CC)NN. The zero-order valence-corrected chi connectivity index (χ0v) is 10.9. The lowest BCUT2D eigenvalue weighted by Gasteiger charge is -2.26. The Morgan fingerprint density at radius 3 is 2.13 bits per heavy atom. The van der Waals surface area contributed by atoms with Gasteiger partial charge < -0.3 is 4.90 Å². The summed E-state index contributed by atoms with van der Waals surface area (Å²) in [4.78, 5) is 2.45. The van der Waals surface area contributed by atoms with Crippen LogP contribution in [0, 0.1) is 5.92 Å². The highest BCUT2D eigenvalue weighted by atomic mass is 15.2. The van der Waals surface area contributed by atoms with E-state index in [-0.39, 0.29) is 0 Å². The van der Waals surface area contributed by atoms with Gasteiger partial charge in [0.15, 0.2) is 0 Å². The van der Waals surface area contributed by atoms with Crippen molar-refractivity contribution in [1.29, 1.82) is 0 Å². The molecule has 0 radical (unpaired) electrons. The van der Waals surface area contributed by atoms with Crippen molar-refractivity contribution in [2.24, 2.45) is 11.8 Å². The molecule has 0 rings (SSSR count). The van der Waals surface area contributed by atoms with E-state index in [4.69, 9.17) is 5.84 Å². The molecule has 0 heterocycles. The van der Waals surface area contributed by atoms with Gasteiger partial charge in [0.05, 0.1) is 0 Å². The fourth-order valence-electron chi connectivity index (χ4n) is 2.05. The molecule has 2 unspecified atom stereocenters. The third-order valence-electron chi connectivity index (χ3n) is 3.30. The Labute approximate surface area is 95.4 Å². The van der Waals surface area contributed by atoms with E-state index in [9.17, 15) is 0 Å². The molecule has 0 spiro atoms. The third-order valence-corrected chi connectivity index (χ3v) is 3.30. The number of hydrogen-bond donors (Lipinski definition) is 2. The average Bonchev–Trinajstić information content (AvgIpc) is 2.25. The van der Waals surface area contributed by atoms with Crippen LogP contribution in [0.5, 0.6) is 0 Å². The highest BCUT2D eigenvalue weighted by molar-refractivity contribution is 4.72. The van der Waals surface area contributed by atoms with E-state index >= 15 is 0 Å². The summed E-state index contributed by atoms with van der Waals surface area (Å²) in [5.74, 6) is 6.28. The second-order valence-electron chi connectivity index (χ2n) is 4.35. The van der Waals surface area contributed by atoms with Crippen molar-refractivity contribution in [2.75, 3.05) is 19.6 Å². The quantitative estimate of drug-likeness (QED) is 0.456. The fourth-order valence-corrected chi connectivity index (χ4v) is 2.05. The number of nitrogens with one attached hydrogen (secondary N) is 1. The fraction of sp³-hybridized carbons (Fsp3) is 1.00. The summed E-state index contributed by atoms with van der Waals surface area (Å²) < 4.78 is 0. The van der Waals surface area contributed by atoms with Gasteiger partial charge in [-0.05, 0) is 38.4 Å². The maximum absolute atomic E-state index is 5.60. The molecule has 0 aliphatic carbocycles. The largest absolute Gasteiger partial charge is 0.304 e. The van der Waals surface area contributed by atoms with Crippen LogP contribution in [0.2, 0.25) is 0 Å². The Morgan fingerprint density at radius 2 is 1.73 bits per heavy atom. The number of nitrogens with two attached hydrogens (primary N) is 1. The smallest absolute Gasteiger partial charge is 0.0248 e. The molecular weight excluding hydrogens is 186 g/mol. The van der Waals surface area contributed by atoms with Crippen molar-refractivity contribution in [3.8, 4) is 0 Å². The van der Waals surface area contributed by atoms with Crippen LogP contribution in [-0.2, 0) is 0 Å². The first-order valence-electron chi connectivity index (χ1n) is 6.37. The summed E-state index contributed by atoms with van der Waals surface area (Å²) in [7, 11) is 0. The summed E-state index contributed by atoms with van der Waals surface area (Å²) in [5, 5.41) is 0. The molecule has 0 aromatic rings. The molecule has 3 nitrogen and oxygen atoms in total. The predicted octanol–water partition coefficient (Wildman–Crippen LogP) is 1.99. The van der Waals surface area contributed by atoms with Crippen molar-refractivity contribution < 1.29 is 0 Å². The lowest BCUT2D eigenvalue weighted by molar-refractivity contribution is 0.253. The van der Waals surface area contributed by atoms with Gasteiger partial charge in [0.25, 0.3) is 0 Å². The summed E-state index contributed by atoms with van der Waals surface area (Å²) in [6.45, 7) is 12.4. The number of nitrogens with zero attached hydrogens (tertiary/aromatic N) is 1. The van der Waals surface area contributed by atoms with Crippen LogP contribution in [0.15, 0.2) is 0 Å². The first-order valence-corrected chi connectivity index (χ1v) is 6.37. The van der Waals surface area contributed by atoms with Crippen molar-refractivity contribution in [1.82, 2.24) is 10.3 Å². The van der Waals surface area contributed by atoms with Gasteiger partial charge in [-0.15, -0.1) is 0 Å². The molecule has 0 saturated carbocycles. The summed E-state index contributed by atoms with van der Waals surface area (Å²) >= 11 is 0. The first-order chi connectivity index (χ1) is 7.19. The van der Waals surface area contributed by atoms with E-state index in [1.54, 1.807) is 0 Å². The lowest BCUT2D eigenvalue weighted by Crippen LogP contribution is -2.42. The van der Waals surface area contributed by atoms with Gasteiger partial charge in [-0.2, -0.15) is 0 Å². The molecule has 92 valence electrons. The van der Waals surface area contributed by atoms with Gasteiger partial charge in [0, 0.05) is 6.04 Å². The minimum atomic E-state index is 0.463. The monoisotopic (exact) mass is 215 g/mol. The first kappa shape index (κ1) is 14.9. The molecule has 3 heteroatoms. The van der Waals surface area contributed by atoms with Crippen molar-refractivity contribution >= 4 is 0 Å². The topological polar surface area (TPSA) is 41.3 Å². The average molecular weight is 215 g/mol. The molecule has 0 aromatic heterocycles. The van der Waals surface area contributed by atoms with Crippen LogP contribution in [0.1, 0.15) is 47.0 Å². The van der Waals surface area contributed by atoms with E-state index in [2.05, 4.69) is 38.0 Å². The van der Waals surface area contributed by atoms with E-state index in [0.29, 0.717) is 12.0 Å².